The molecule has 0 spiro atoms. The molecule has 0 atom stereocenters. The number of amides is 1. The van der Waals surface area contributed by atoms with Crippen LogP contribution in [0.1, 0.15) is 65.8 Å². The molecule has 1 saturated carbocycles. The maximum atomic E-state index is 13.2. The van der Waals surface area contributed by atoms with Crippen molar-refractivity contribution < 1.29 is 14.3 Å². The van der Waals surface area contributed by atoms with Crippen LogP contribution in [0.4, 0.5) is 5.82 Å². The molecule has 7 nitrogen and oxygen atoms in total. The SMILES string of the molecule is CCOC(=O)c1c(NC(=O)c2ccc(Cl)cc2)n(C2CCCCC2)c2nc3ccccc3nc12. The summed E-state index contributed by atoms with van der Waals surface area (Å²) in [6.45, 7) is 1.96. The lowest BCUT2D eigenvalue weighted by Gasteiger charge is -2.26. The number of anilines is 1. The standard InChI is InChI=1S/C26H25ClN4O3/c1-2-34-26(33)21-22-24(29-20-11-7-6-10-19(20)28-22)31(18-8-4-3-5-9-18)23(21)30-25(32)16-12-14-17(27)15-13-16/h6-7,10-15,18H,2-5,8-9H2,1H3,(H,30,32). The number of rotatable bonds is 5. The number of aromatic nitrogens is 3. The molecule has 2 aromatic carbocycles. The minimum Gasteiger partial charge on any atom is -0.462 e. The van der Waals surface area contributed by atoms with Crippen molar-refractivity contribution in [2.45, 2.75) is 45.1 Å². The predicted molar refractivity (Wildman–Crippen MR) is 133 cm³/mol. The van der Waals surface area contributed by atoms with E-state index in [4.69, 9.17) is 26.3 Å². The van der Waals surface area contributed by atoms with Crippen molar-refractivity contribution in [3.63, 3.8) is 0 Å². The van der Waals surface area contributed by atoms with E-state index in [2.05, 4.69) is 5.32 Å². The third-order valence-electron chi connectivity index (χ3n) is 6.25. The Morgan fingerprint density at radius 3 is 2.38 bits per heavy atom. The first-order valence-corrected chi connectivity index (χ1v) is 12.0. The zero-order valence-electron chi connectivity index (χ0n) is 18.9. The summed E-state index contributed by atoms with van der Waals surface area (Å²) < 4.78 is 7.40. The van der Waals surface area contributed by atoms with Gasteiger partial charge in [-0.2, -0.15) is 0 Å². The highest BCUT2D eigenvalue weighted by Crippen LogP contribution is 2.39. The largest absolute Gasteiger partial charge is 0.462 e. The molecule has 0 radical (unpaired) electrons. The molecule has 2 heterocycles. The molecule has 1 aliphatic rings. The lowest BCUT2D eigenvalue weighted by atomic mass is 9.95. The average Bonchev–Trinajstić information content (AvgIpc) is 3.16. The lowest BCUT2D eigenvalue weighted by Crippen LogP contribution is -2.21. The fourth-order valence-corrected chi connectivity index (χ4v) is 4.79. The Hall–Kier alpha value is -3.45. The highest BCUT2D eigenvalue weighted by molar-refractivity contribution is 6.30. The second-order valence-electron chi connectivity index (χ2n) is 8.45. The number of carbonyl (C=O) groups is 2. The summed E-state index contributed by atoms with van der Waals surface area (Å²) in [5.74, 6) is -0.486. The Labute approximate surface area is 202 Å². The van der Waals surface area contributed by atoms with E-state index >= 15 is 0 Å². The molecule has 0 unspecified atom stereocenters. The normalized spacial score (nSPS) is 14.4. The van der Waals surface area contributed by atoms with Gasteiger partial charge in [0.2, 0.25) is 0 Å². The second-order valence-corrected chi connectivity index (χ2v) is 8.89. The third kappa shape index (κ3) is 4.12. The van der Waals surface area contributed by atoms with Gasteiger partial charge < -0.3 is 14.6 Å². The molecule has 174 valence electrons. The molecule has 4 aromatic rings. The third-order valence-corrected chi connectivity index (χ3v) is 6.50. The van der Waals surface area contributed by atoms with Crippen LogP contribution in [0.15, 0.2) is 48.5 Å². The Bertz CT molecular complexity index is 1370. The first-order valence-electron chi connectivity index (χ1n) is 11.6. The average molecular weight is 477 g/mol. The zero-order chi connectivity index (χ0) is 23.7. The molecule has 1 fully saturated rings. The second kappa shape index (κ2) is 9.43. The van der Waals surface area contributed by atoms with Gasteiger partial charge in [-0.1, -0.05) is 43.0 Å². The molecule has 0 aliphatic heterocycles. The number of esters is 1. The van der Waals surface area contributed by atoms with Gasteiger partial charge in [0.05, 0.1) is 17.6 Å². The van der Waals surface area contributed by atoms with Gasteiger partial charge in [0.1, 0.15) is 16.9 Å². The van der Waals surface area contributed by atoms with Gasteiger partial charge in [0.25, 0.3) is 5.91 Å². The summed E-state index contributed by atoms with van der Waals surface area (Å²) in [6, 6.07) is 14.3. The van der Waals surface area contributed by atoms with E-state index in [-0.39, 0.29) is 24.1 Å². The quantitative estimate of drug-likeness (QED) is 0.348. The van der Waals surface area contributed by atoms with Gasteiger partial charge >= 0.3 is 5.97 Å². The number of hydrogen-bond donors (Lipinski definition) is 1. The van der Waals surface area contributed by atoms with Gasteiger partial charge in [-0.25, -0.2) is 14.8 Å². The van der Waals surface area contributed by atoms with Crippen LogP contribution in [0.5, 0.6) is 0 Å². The highest BCUT2D eigenvalue weighted by atomic mass is 35.5. The predicted octanol–water partition coefficient (Wildman–Crippen LogP) is 6.17. The zero-order valence-corrected chi connectivity index (χ0v) is 19.6. The summed E-state index contributed by atoms with van der Waals surface area (Å²) in [6.07, 6.45) is 5.19. The van der Waals surface area contributed by atoms with E-state index in [0.717, 1.165) is 31.2 Å². The number of nitrogens with zero attached hydrogens (tertiary/aromatic N) is 3. The minimum absolute atomic E-state index is 0.0930. The van der Waals surface area contributed by atoms with Crippen molar-refractivity contribution in [3.05, 3.63) is 64.7 Å². The molecule has 34 heavy (non-hydrogen) atoms. The number of para-hydroxylation sites is 2. The van der Waals surface area contributed by atoms with Crippen molar-refractivity contribution in [2.24, 2.45) is 0 Å². The van der Waals surface area contributed by atoms with Crippen LogP contribution < -0.4 is 5.32 Å². The van der Waals surface area contributed by atoms with Crippen LogP contribution in [0.2, 0.25) is 5.02 Å². The maximum Gasteiger partial charge on any atom is 0.344 e. The van der Waals surface area contributed by atoms with Gasteiger partial charge in [-0.05, 0) is 56.2 Å². The van der Waals surface area contributed by atoms with E-state index in [1.807, 2.05) is 28.8 Å². The van der Waals surface area contributed by atoms with Crippen LogP contribution in [0.25, 0.3) is 22.2 Å². The number of fused-ring (bicyclic) bond motifs is 2. The van der Waals surface area contributed by atoms with Crippen molar-refractivity contribution >= 4 is 51.5 Å². The van der Waals surface area contributed by atoms with Gasteiger partial charge in [0.15, 0.2) is 5.65 Å². The Morgan fingerprint density at radius 2 is 1.71 bits per heavy atom. The van der Waals surface area contributed by atoms with Gasteiger partial charge in [-0.3, -0.25) is 4.79 Å². The van der Waals surface area contributed by atoms with Crippen molar-refractivity contribution in [2.75, 3.05) is 11.9 Å². The lowest BCUT2D eigenvalue weighted by molar-refractivity contribution is 0.0529. The molecule has 1 aliphatic carbocycles. The van der Waals surface area contributed by atoms with E-state index in [1.165, 1.54) is 6.42 Å². The smallest absolute Gasteiger partial charge is 0.344 e. The van der Waals surface area contributed by atoms with Crippen LogP contribution in [0.3, 0.4) is 0 Å². The van der Waals surface area contributed by atoms with E-state index in [0.29, 0.717) is 33.1 Å². The topological polar surface area (TPSA) is 86.1 Å². The number of nitrogens with one attached hydrogen (secondary N) is 1. The van der Waals surface area contributed by atoms with Crippen LogP contribution in [0, 0.1) is 0 Å². The molecule has 8 heteroatoms. The highest BCUT2D eigenvalue weighted by Gasteiger charge is 2.31. The summed E-state index contributed by atoms with van der Waals surface area (Å²) in [7, 11) is 0. The number of ether oxygens (including phenoxy) is 1. The molecule has 0 bridgehead atoms. The van der Waals surface area contributed by atoms with E-state index in [1.54, 1.807) is 31.2 Å². The van der Waals surface area contributed by atoms with Crippen molar-refractivity contribution in [1.29, 1.82) is 0 Å². The summed E-state index contributed by atoms with van der Waals surface area (Å²) >= 11 is 6.00. The molecule has 1 N–H and O–H groups in total. The molecular weight excluding hydrogens is 452 g/mol. The van der Waals surface area contributed by atoms with Crippen LogP contribution in [-0.4, -0.2) is 33.0 Å². The fourth-order valence-electron chi connectivity index (χ4n) is 4.66. The number of halogens is 1. The summed E-state index contributed by atoms with van der Waals surface area (Å²) in [5, 5.41) is 3.54. The molecular formula is C26H25ClN4O3. The number of benzene rings is 2. The minimum atomic E-state index is -0.530. The molecule has 2 aromatic heterocycles. The number of carbonyl (C=O) groups excluding carboxylic acids is 2. The fraction of sp³-hybridized carbons (Fsp3) is 0.308. The van der Waals surface area contributed by atoms with E-state index < -0.39 is 5.97 Å². The van der Waals surface area contributed by atoms with Crippen molar-refractivity contribution in [1.82, 2.24) is 14.5 Å². The van der Waals surface area contributed by atoms with Crippen LogP contribution >= 0.6 is 11.6 Å². The molecule has 0 saturated heterocycles. The van der Waals surface area contributed by atoms with Gasteiger partial charge in [0, 0.05) is 16.6 Å². The first kappa shape index (κ1) is 22.3. The van der Waals surface area contributed by atoms with Crippen molar-refractivity contribution in [3.8, 4) is 0 Å². The summed E-state index contributed by atoms with van der Waals surface area (Å²) in [4.78, 5) is 36.1. The van der Waals surface area contributed by atoms with Crippen LogP contribution in [-0.2, 0) is 4.74 Å². The summed E-state index contributed by atoms with van der Waals surface area (Å²) in [5.41, 5.74) is 3.11. The Balaban J connectivity index is 1.74. The Morgan fingerprint density at radius 1 is 1.03 bits per heavy atom. The van der Waals surface area contributed by atoms with Gasteiger partial charge in [-0.15, -0.1) is 0 Å². The molecule has 1 amide bonds. The first-order chi connectivity index (χ1) is 16.6. The van der Waals surface area contributed by atoms with E-state index in [9.17, 15) is 9.59 Å². The monoisotopic (exact) mass is 476 g/mol. The Kier molecular flexibility index (Phi) is 6.20. The number of hydrogen-bond acceptors (Lipinski definition) is 5. The maximum absolute atomic E-state index is 13.2. The molecule has 5 rings (SSSR count).